The molecule has 0 radical (unpaired) electrons. The van der Waals surface area contributed by atoms with E-state index in [2.05, 4.69) is 10.3 Å². The van der Waals surface area contributed by atoms with Crippen molar-refractivity contribution in [1.82, 2.24) is 15.6 Å². The molecule has 2 amide bonds. The summed E-state index contributed by atoms with van der Waals surface area (Å²) in [6.07, 6.45) is -2.60. The van der Waals surface area contributed by atoms with Crippen LogP contribution in [0.2, 0.25) is 0 Å². The molecule has 1 aromatic heterocycles. The zero-order valence-corrected chi connectivity index (χ0v) is 16.1. The molecule has 0 aliphatic heterocycles. The van der Waals surface area contributed by atoms with E-state index in [0.29, 0.717) is 6.92 Å². The molecule has 0 bridgehead atoms. The van der Waals surface area contributed by atoms with Crippen LogP contribution in [0.15, 0.2) is 23.9 Å². The maximum atomic E-state index is 13.5. The third-order valence-electron chi connectivity index (χ3n) is 4.51. The molecular weight excluding hydrogens is 408 g/mol. The fraction of sp³-hybridized carbons (Fsp3) is 0.368. The molecule has 2 rings (SSSR count). The van der Waals surface area contributed by atoms with Crippen molar-refractivity contribution in [2.45, 2.75) is 39.2 Å². The van der Waals surface area contributed by atoms with E-state index in [1.807, 2.05) is 0 Å². The number of nitrogens with one attached hydrogen (secondary N) is 3. The van der Waals surface area contributed by atoms with Crippen LogP contribution in [0.1, 0.15) is 39.0 Å². The molecule has 0 saturated carbocycles. The van der Waals surface area contributed by atoms with Gasteiger partial charge < -0.3 is 15.6 Å². The van der Waals surface area contributed by atoms with Gasteiger partial charge >= 0.3 is 6.18 Å². The first-order chi connectivity index (χ1) is 13.9. The van der Waals surface area contributed by atoms with Gasteiger partial charge in [-0.3, -0.25) is 14.4 Å². The van der Waals surface area contributed by atoms with Crippen molar-refractivity contribution in [2.24, 2.45) is 5.92 Å². The Kier molecular flexibility index (Phi) is 6.50. The highest BCUT2D eigenvalue weighted by atomic mass is 19.4. The fourth-order valence-corrected chi connectivity index (χ4v) is 2.82. The second-order valence-electron chi connectivity index (χ2n) is 6.73. The van der Waals surface area contributed by atoms with E-state index >= 15 is 0 Å². The predicted molar refractivity (Wildman–Crippen MR) is 96.9 cm³/mol. The second kappa shape index (κ2) is 8.52. The molecular formula is C19H18F4N4O3. The number of amides is 2. The van der Waals surface area contributed by atoms with Crippen molar-refractivity contribution in [2.75, 3.05) is 0 Å². The first-order valence-corrected chi connectivity index (χ1v) is 8.73. The van der Waals surface area contributed by atoms with E-state index in [0.717, 1.165) is 6.08 Å². The fourth-order valence-electron chi connectivity index (χ4n) is 2.82. The zero-order valence-electron chi connectivity index (χ0n) is 16.1. The number of carbonyl (C=O) groups is 3. The van der Waals surface area contributed by atoms with Gasteiger partial charge in [0.15, 0.2) is 0 Å². The average molecular weight is 426 g/mol. The van der Waals surface area contributed by atoms with Crippen molar-refractivity contribution < 1.29 is 31.9 Å². The smallest absolute Gasteiger partial charge is 0.355 e. The number of hydrogen-bond acceptors (Lipinski definition) is 4. The Morgan fingerprint density at radius 1 is 1.27 bits per heavy atom. The van der Waals surface area contributed by atoms with Gasteiger partial charge in [0.2, 0.25) is 0 Å². The van der Waals surface area contributed by atoms with Crippen LogP contribution in [0.4, 0.5) is 17.6 Å². The highest BCUT2D eigenvalue weighted by Gasteiger charge is 2.38. The summed E-state index contributed by atoms with van der Waals surface area (Å²) in [6.45, 7) is 3.49. The minimum atomic E-state index is -4.72. The summed E-state index contributed by atoms with van der Waals surface area (Å²) in [6, 6.07) is -0.483. The summed E-state index contributed by atoms with van der Waals surface area (Å²) in [4.78, 5) is 39.3. The van der Waals surface area contributed by atoms with Crippen molar-refractivity contribution in [1.29, 1.82) is 5.26 Å². The molecule has 1 aromatic rings. The lowest BCUT2D eigenvalue weighted by Gasteiger charge is -2.16. The van der Waals surface area contributed by atoms with Gasteiger partial charge in [0.1, 0.15) is 18.1 Å². The van der Waals surface area contributed by atoms with Gasteiger partial charge in [-0.1, -0.05) is 0 Å². The molecule has 1 heterocycles. The number of aryl methyl sites for hydroxylation is 1. The van der Waals surface area contributed by atoms with Crippen LogP contribution in [0.3, 0.4) is 0 Å². The summed E-state index contributed by atoms with van der Waals surface area (Å²) >= 11 is 0. The number of rotatable bonds is 5. The molecule has 7 nitrogen and oxygen atoms in total. The Labute approximate surface area is 168 Å². The van der Waals surface area contributed by atoms with E-state index in [4.69, 9.17) is 5.26 Å². The molecule has 3 N–H and O–H groups in total. The third-order valence-corrected chi connectivity index (χ3v) is 4.51. The number of allylic oxidation sites excluding steroid dienone is 3. The van der Waals surface area contributed by atoms with Crippen LogP contribution in [-0.2, 0) is 4.79 Å². The Bertz CT molecular complexity index is 985. The molecule has 160 valence electrons. The largest absolute Gasteiger partial charge is 0.408 e. The molecule has 3 atom stereocenters. The number of alkyl halides is 4. The van der Waals surface area contributed by atoms with Crippen LogP contribution < -0.4 is 10.6 Å². The van der Waals surface area contributed by atoms with E-state index < -0.39 is 41.9 Å². The van der Waals surface area contributed by atoms with E-state index in [1.165, 1.54) is 26.0 Å². The Hall–Kier alpha value is -3.42. The van der Waals surface area contributed by atoms with Crippen LogP contribution in [-0.4, -0.2) is 41.0 Å². The van der Waals surface area contributed by atoms with Gasteiger partial charge in [-0.2, -0.15) is 18.4 Å². The number of carbonyl (C=O) groups excluding carboxylic acids is 3. The average Bonchev–Trinajstić information content (AvgIpc) is 2.95. The number of aromatic nitrogens is 1. The zero-order chi connectivity index (χ0) is 22.8. The Morgan fingerprint density at radius 3 is 2.47 bits per heavy atom. The third kappa shape index (κ3) is 4.76. The maximum Gasteiger partial charge on any atom is 0.408 e. The van der Waals surface area contributed by atoms with Crippen LogP contribution in [0.5, 0.6) is 0 Å². The first kappa shape index (κ1) is 22.9. The number of halogens is 4. The lowest BCUT2D eigenvalue weighted by atomic mass is 9.98. The van der Waals surface area contributed by atoms with Gasteiger partial charge in [-0.25, -0.2) is 4.39 Å². The van der Waals surface area contributed by atoms with Gasteiger partial charge in [0.25, 0.3) is 17.6 Å². The standard InChI is InChI=1S/C19H18F4N4O3/c1-8-14(17(29)27-12-4-5-13(20)11(6-12)7-24)9(2)25-15(8)16(28)18(30)26-10(3)19(21,22)23/h4-6,10-11,13,25H,1-3H3,(H,26,30)(H,27,29)/t10-,11?,13?/m0/s1. The van der Waals surface area contributed by atoms with Gasteiger partial charge in [-0.15, -0.1) is 0 Å². The summed E-state index contributed by atoms with van der Waals surface area (Å²) in [5.41, 5.74) is 0.109. The molecule has 0 fully saturated rings. The highest BCUT2D eigenvalue weighted by Crippen LogP contribution is 2.23. The lowest BCUT2D eigenvalue weighted by Crippen LogP contribution is -2.46. The summed E-state index contributed by atoms with van der Waals surface area (Å²) < 4.78 is 51.3. The van der Waals surface area contributed by atoms with Gasteiger partial charge in [0.05, 0.1) is 17.3 Å². The maximum absolute atomic E-state index is 13.5. The van der Waals surface area contributed by atoms with Crippen molar-refractivity contribution in [3.8, 4) is 6.07 Å². The number of hydrogen-bond donors (Lipinski definition) is 3. The first-order valence-electron chi connectivity index (χ1n) is 8.73. The molecule has 2 unspecified atom stereocenters. The second-order valence-corrected chi connectivity index (χ2v) is 6.73. The normalized spacial score (nSPS) is 19.5. The number of nitrogens with zero attached hydrogens (tertiary/aromatic N) is 1. The summed E-state index contributed by atoms with van der Waals surface area (Å²) in [5, 5.41) is 13.0. The highest BCUT2D eigenvalue weighted by molar-refractivity contribution is 6.43. The molecule has 0 aromatic carbocycles. The van der Waals surface area contributed by atoms with Gasteiger partial charge in [0, 0.05) is 11.4 Å². The van der Waals surface area contributed by atoms with Gasteiger partial charge in [-0.05, 0) is 44.6 Å². The number of H-pyrrole nitrogens is 1. The van der Waals surface area contributed by atoms with Crippen molar-refractivity contribution in [3.63, 3.8) is 0 Å². The number of ketones is 1. The topological polar surface area (TPSA) is 115 Å². The van der Waals surface area contributed by atoms with Crippen molar-refractivity contribution >= 4 is 17.6 Å². The molecule has 0 saturated heterocycles. The monoisotopic (exact) mass is 426 g/mol. The van der Waals surface area contributed by atoms with Crippen LogP contribution in [0, 0.1) is 31.1 Å². The number of aromatic amines is 1. The van der Waals surface area contributed by atoms with E-state index in [1.54, 1.807) is 11.4 Å². The molecule has 0 spiro atoms. The van der Waals surface area contributed by atoms with E-state index in [9.17, 15) is 31.9 Å². The molecule has 11 heteroatoms. The predicted octanol–water partition coefficient (Wildman–Crippen LogP) is 2.54. The lowest BCUT2D eigenvalue weighted by molar-refractivity contribution is -0.156. The minimum Gasteiger partial charge on any atom is -0.355 e. The molecule has 1 aliphatic carbocycles. The number of nitriles is 1. The summed E-state index contributed by atoms with van der Waals surface area (Å²) in [7, 11) is 0. The molecule has 30 heavy (non-hydrogen) atoms. The quantitative estimate of drug-likeness (QED) is 0.381. The van der Waals surface area contributed by atoms with Crippen molar-refractivity contribution in [3.05, 3.63) is 46.4 Å². The minimum absolute atomic E-state index is 0.000185. The van der Waals surface area contributed by atoms with Crippen LogP contribution in [0.25, 0.3) is 0 Å². The number of Topliss-reactive ketones (excluding diaryl/α,β-unsaturated/α-hetero) is 1. The summed E-state index contributed by atoms with van der Waals surface area (Å²) in [5.74, 6) is -4.50. The Balaban J connectivity index is 2.22. The van der Waals surface area contributed by atoms with Crippen LogP contribution >= 0.6 is 0 Å². The molecule has 1 aliphatic rings. The van der Waals surface area contributed by atoms with E-state index in [-0.39, 0.29) is 28.2 Å². The Morgan fingerprint density at radius 2 is 1.90 bits per heavy atom. The SMILES string of the molecule is Cc1[nH]c(C(=O)C(=O)N[C@@H](C)C(F)(F)F)c(C)c1C(=O)NC1=CC(C#N)C(F)C=C1.